The van der Waals surface area contributed by atoms with Crippen molar-refractivity contribution < 1.29 is 14.8 Å². The van der Waals surface area contributed by atoms with E-state index in [0.717, 1.165) is 31.7 Å². The van der Waals surface area contributed by atoms with Crippen LogP contribution in [0.2, 0.25) is 0 Å². The average molecular weight is 354 g/mol. The van der Waals surface area contributed by atoms with Crippen molar-refractivity contribution in [1.82, 2.24) is 10.2 Å². The minimum Gasteiger partial charge on any atom is -0.500 e. The van der Waals surface area contributed by atoms with Crippen molar-refractivity contribution >= 4 is 30.5 Å². The fourth-order valence-electron chi connectivity index (χ4n) is 2.43. The van der Waals surface area contributed by atoms with Crippen molar-refractivity contribution in [3.05, 3.63) is 27.8 Å². The molecule has 126 valence electrons. The van der Waals surface area contributed by atoms with Crippen LogP contribution < -0.4 is 10.1 Å². The highest BCUT2D eigenvalue weighted by Crippen LogP contribution is 2.39. The number of hydrogen-bond donors (Lipinski definition) is 2. The van der Waals surface area contributed by atoms with Crippen molar-refractivity contribution in [2.24, 2.45) is 0 Å². The van der Waals surface area contributed by atoms with Crippen LogP contribution >= 0.6 is 24.8 Å². The summed E-state index contributed by atoms with van der Waals surface area (Å²) < 4.78 is 5.03. The number of nitrogens with zero attached hydrogens (tertiary/aromatic N) is 2. The molecule has 0 bridgehead atoms. The van der Waals surface area contributed by atoms with Gasteiger partial charge in [0, 0.05) is 38.3 Å². The van der Waals surface area contributed by atoms with E-state index in [4.69, 9.17) is 4.74 Å². The molecular formula is C13H21Cl2N3O4. The minimum atomic E-state index is -0.591. The largest absolute Gasteiger partial charge is 0.500 e. The first-order valence-electron chi connectivity index (χ1n) is 6.54. The van der Waals surface area contributed by atoms with E-state index in [-0.39, 0.29) is 42.3 Å². The molecule has 1 saturated heterocycles. The lowest BCUT2D eigenvalue weighted by Gasteiger charge is -2.33. The quantitative estimate of drug-likeness (QED) is 0.636. The zero-order valence-electron chi connectivity index (χ0n) is 12.4. The Hall–Kier alpha value is -1.28. The summed E-state index contributed by atoms with van der Waals surface area (Å²) in [6.07, 6.45) is 0. The molecule has 1 aliphatic heterocycles. The number of nitro groups is 1. The first kappa shape index (κ1) is 20.7. The van der Waals surface area contributed by atoms with Crippen molar-refractivity contribution in [2.75, 3.05) is 33.3 Å². The van der Waals surface area contributed by atoms with Crippen molar-refractivity contribution in [1.29, 1.82) is 0 Å². The van der Waals surface area contributed by atoms with Gasteiger partial charge in [-0.2, -0.15) is 0 Å². The first-order valence-corrected chi connectivity index (χ1v) is 6.54. The monoisotopic (exact) mass is 353 g/mol. The summed E-state index contributed by atoms with van der Waals surface area (Å²) in [6.45, 7) is 5.58. The molecule has 7 nitrogen and oxygen atoms in total. The van der Waals surface area contributed by atoms with Gasteiger partial charge in [-0.3, -0.25) is 15.0 Å². The fraction of sp³-hybridized carbons (Fsp3) is 0.538. The van der Waals surface area contributed by atoms with Crippen LogP contribution in [-0.4, -0.2) is 48.2 Å². The molecule has 2 rings (SSSR count). The van der Waals surface area contributed by atoms with Gasteiger partial charge in [0.15, 0.2) is 5.75 Å². The molecule has 0 amide bonds. The normalized spacial score (nSPS) is 16.1. The number of halogens is 2. The Kier molecular flexibility index (Phi) is 8.47. The topological polar surface area (TPSA) is 87.9 Å². The van der Waals surface area contributed by atoms with Crippen LogP contribution in [0.4, 0.5) is 5.69 Å². The fourth-order valence-corrected chi connectivity index (χ4v) is 2.43. The average Bonchev–Trinajstić information content (AvgIpc) is 2.47. The van der Waals surface area contributed by atoms with Gasteiger partial charge in [0.05, 0.1) is 12.0 Å². The molecule has 0 radical (unpaired) electrons. The maximum Gasteiger partial charge on any atom is 0.314 e. The van der Waals surface area contributed by atoms with E-state index >= 15 is 0 Å². The molecule has 22 heavy (non-hydrogen) atoms. The zero-order valence-corrected chi connectivity index (χ0v) is 14.1. The van der Waals surface area contributed by atoms with Crippen LogP contribution in [0.25, 0.3) is 0 Å². The van der Waals surface area contributed by atoms with Gasteiger partial charge in [-0.15, -0.1) is 24.8 Å². The molecule has 9 heteroatoms. The van der Waals surface area contributed by atoms with Crippen LogP contribution in [0.15, 0.2) is 12.1 Å². The number of nitro benzene ring substituents is 1. The second-order valence-electron chi connectivity index (χ2n) is 4.81. The lowest BCUT2D eigenvalue weighted by molar-refractivity contribution is -0.386. The molecular weight excluding hydrogens is 333 g/mol. The van der Waals surface area contributed by atoms with Crippen molar-refractivity contribution in [2.45, 2.75) is 13.0 Å². The molecule has 1 fully saturated rings. The third-order valence-corrected chi connectivity index (χ3v) is 3.68. The Balaban J connectivity index is 0.00000220. The Morgan fingerprint density at radius 1 is 1.36 bits per heavy atom. The highest BCUT2D eigenvalue weighted by Gasteiger charge is 2.25. The number of rotatable bonds is 4. The van der Waals surface area contributed by atoms with E-state index in [2.05, 4.69) is 10.2 Å². The predicted octanol–water partition coefficient (Wildman–Crippen LogP) is 2.12. The summed E-state index contributed by atoms with van der Waals surface area (Å²) in [5.41, 5.74) is 0.453. The van der Waals surface area contributed by atoms with Crippen LogP contribution in [0.5, 0.6) is 11.5 Å². The second kappa shape index (κ2) is 8.99. The van der Waals surface area contributed by atoms with Gasteiger partial charge >= 0.3 is 5.69 Å². The Morgan fingerprint density at radius 2 is 1.95 bits per heavy atom. The Bertz CT molecular complexity index is 510. The molecule has 0 saturated carbocycles. The number of aromatic hydroxyl groups is 1. The molecule has 0 spiro atoms. The number of nitrogens with one attached hydrogen (secondary N) is 1. The van der Waals surface area contributed by atoms with Crippen LogP contribution in [0.1, 0.15) is 18.5 Å². The Morgan fingerprint density at radius 3 is 2.45 bits per heavy atom. The SMILES string of the molecule is COc1cc([C@H](C)N2CCNCC2)cc([N+](=O)[O-])c1O.Cl.Cl. The summed E-state index contributed by atoms with van der Waals surface area (Å²) >= 11 is 0. The summed E-state index contributed by atoms with van der Waals surface area (Å²) in [7, 11) is 1.39. The van der Waals surface area contributed by atoms with Gasteiger partial charge in [0.25, 0.3) is 0 Å². The molecule has 1 aromatic rings. The summed E-state index contributed by atoms with van der Waals surface area (Å²) in [4.78, 5) is 12.7. The Labute approximate surface area is 141 Å². The standard InChI is InChI=1S/C13H19N3O4.2ClH/c1-9(15-5-3-14-4-6-15)10-7-11(16(18)19)13(17)12(8-10)20-2;;/h7-9,14,17H,3-6H2,1-2H3;2*1H/t9-;;/m0../s1. The van der Waals surface area contributed by atoms with Gasteiger partial charge in [-0.05, 0) is 18.6 Å². The van der Waals surface area contributed by atoms with Gasteiger partial charge < -0.3 is 15.2 Å². The number of phenolic OH excluding ortho intramolecular Hbond substituents is 1. The van der Waals surface area contributed by atoms with E-state index in [0.29, 0.717) is 0 Å². The lowest BCUT2D eigenvalue weighted by atomic mass is 10.0. The summed E-state index contributed by atoms with van der Waals surface area (Å²) in [5, 5.41) is 24.1. The van der Waals surface area contributed by atoms with Gasteiger partial charge in [-0.1, -0.05) is 0 Å². The first-order chi connectivity index (χ1) is 9.54. The molecule has 0 aliphatic carbocycles. The second-order valence-corrected chi connectivity index (χ2v) is 4.81. The van der Waals surface area contributed by atoms with Gasteiger partial charge in [0.1, 0.15) is 0 Å². The van der Waals surface area contributed by atoms with E-state index in [1.807, 2.05) is 6.92 Å². The van der Waals surface area contributed by atoms with Gasteiger partial charge in [0.2, 0.25) is 5.75 Å². The molecule has 2 N–H and O–H groups in total. The minimum absolute atomic E-state index is 0. The van der Waals surface area contributed by atoms with Gasteiger partial charge in [-0.25, -0.2) is 0 Å². The third-order valence-electron chi connectivity index (χ3n) is 3.68. The number of methoxy groups -OCH3 is 1. The van der Waals surface area contributed by atoms with Crippen LogP contribution in [0.3, 0.4) is 0 Å². The lowest BCUT2D eigenvalue weighted by Crippen LogP contribution is -2.44. The van der Waals surface area contributed by atoms with Crippen molar-refractivity contribution in [3.8, 4) is 11.5 Å². The summed E-state index contributed by atoms with van der Waals surface area (Å²) in [6, 6.07) is 3.12. The zero-order chi connectivity index (χ0) is 14.7. The van der Waals surface area contributed by atoms with E-state index in [9.17, 15) is 15.2 Å². The number of hydrogen-bond acceptors (Lipinski definition) is 6. The van der Waals surface area contributed by atoms with Crippen LogP contribution in [-0.2, 0) is 0 Å². The summed E-state index contributed by atoms with van der Waals surface area (Å²) in [5.74, 6) is -0.287. The number of benzene rings is 1. The predicted molar refractivity (Wildman–Crippen MR) is 88.7 cm³/mol. The third kappa shape index (κ3) is 4.36. The number of phenols is 1. The number of piperazine rings is 1. The van der Waals surface area contributed by atoms with Crippen LogP contribution in [0, 0.1) is 10.1 Å². The highest BCUT2D eigenvalue weighted by molar-refractivity contribution is 5.85. The smallest absolute Gasteiger partial charge is 0.314 e. The molecule has 1 aromatic carbocycles. The maximum absolute atomic E-state index is 11.0. The van der Waals surface area contributed by atoms with E-state index in [1.165, 1.54) is 13.2 Å². The molecule has 1 aliphatic rings. The number of ether oxygens (including phenoxy) is 1. The molecule has 1 atom stereocenters. The van der Waals surface area contributed by atoms with E-state index < -0.39 is 10.7 Å². The molecule has 1 heterocycles. The van der Waals surface area contributed by atoms with Crippen molar-refractivity contribution in [3.63, 3.8) is 0 Å². The highest BCUT2D eigenvalue weighted by atomic mass is 35.5. The molecule has 0 aromatic heterocycles. The molecule has 0 unspecified atom stereocenters. The van der Waals surface area contributed by atoms with E-state index in [1.54, 1.807) is 6.07 Å². The maximum atomic E-state index is 11.0.